The summed E-state index contributed by atoms with van der Waals surface area (Å²) < 4.78 is 0. The Morgan fingerprint density at radius 3 is 1.47 bits per heavy atom. The molecule has 0 aliphatic carbocycles. The average molecular weight is 239 g/mol. The zero-order valence-electron chi connectivity index (χ0n) is 10.4. The molecule has 1 nitrogen and oxygen atoms in total. The molecule has 17 heavy (non-hydrogen) atoms. The number of hydrogen-bond donors (Lipinski definition) is 1. The highest BCUT2D eigenvalue weighted by Crippen LogP contribution is 1.96. The quantitative estimate of drug-likeness (QED) is 0.668. The first kappa shape index (κ1) is 21.5. The molecule has 2 rings (SSSR count). The van der Waals surface area contributed by atoms with Gasteiger partial charge in [-0.2, -0.15) is 0 Å². The summed E-state index contributed by atoms with van der Waals surface area (Å²) in [6, 6.07) is 10.3. The van der Waals surface area contributed by atoms with Gasteiger partial charge in [-0.25, -0.2) is 0 Å². The van der Waals surface area contributed by atoms with Gasteiger partial charge in [-0.15, -0.1) is 0 Å². The van der Waals surface area contributed by atoms with Crippen LogP contribution in [0.15, 0.2) is 30.3 Å². The third-order valence-corrected chi connectivity index (χ3v) is 2.15. The van der Waals surface area contributed by atoms with Crippen LogP contribution in [0.1, 0.15) is 53.5 Å². The van der Waals surface area contributed by atoms with Gasteiger partial charge in [-0.3, -0.25) is 0 Å². The van der Waals surface area contributed by atoms with Gasteiger partial charge in [0.25, 0.3) is 0 Å². The predicted octanol–water partition coefficient (Wildman–Crippen LogP) is 5.05. The minimum atomic E-state index is 0. The van der Waals surface area contributed by atoms with Crippen molar-refractivity contribution < 1.29 is 0 Å². The van der Waals surface area contributed by atoms with Crippen LogP contribution in [0.3, 0.4) is 0 Å². The van der Waals surface area contributed by atoms with E-state index < -0.39 is 0 Å². The van der Waals surface area contributed by atoms with Crippen LogP contribution in [0.25, 0.3) is 0 Å². The molecule has 0 atom stereocenters. The van der Waals surface area contributed by atoms with Gasteiger partial charge in [0, 0.05) is 0 Å². The molecular formula is C16H33N. The molecule has 1 heteroatoms. The number of benzene rings is 1. The molecule has 1 fully saturated rings. The van der Waals surface area contributed by atoms with Crippen molar-refractivity contribution in [1.29, 1.82) is 0 Å². The van der Waals surface area contributed by atoms with Crippen molar-refractivity contribution in [1.82, 2.24) is 5.32 Å². The fourth-order valence-electron chi connectivity index (χ4n) is 1.34. The second kappa shape index (κ2) is 17.6. The lowest BCUT2D eigenvalue weighted by atomic mass is 10.2. The van der Waals surface area contributed by atoms with E-state index >= 15 is 0 Å². The number of aryl methyl sites for hydroxylation is 1. The second-order valence-corrected chi connectivity index (χ2v) is 3.47. The van der Waals surface area contributed by atoms with E-state index in [0.29, 0.717) is 0 Å². The van der Waals surface area contributed by atoms with Crippen molar-refractivity contribution in [3.8, 4) is 0 Å². The van der Waals surface area contributed by atoms with Gasteiger partial charge in [-0.1, -0.05) is 71.0 Å². The number of nitrogens with one attached hydrogen (secondary N) is 1. The molecule has 1 N–H and O–H groups in total. The van der Waals surface area contributed by atoms with Crippen LogP contribution in [0.4, 0.5) is 0 Å². The van der Waals surface area contributed by atoms with Crippen molar-refractivity contribution in [3.63, 3.8) is 0 Å². The number of piperidine rings is 1. The Balaban J connectivity index is -0.000000184. The third kappa shape index (κ3) is 15.2. The highest BCUT2D eigenvalue weighted by atomic mass is 14.9. The Morgan fingerprint density at radius 2 is 1.29 bits per heavy atom. The van der Waals surface area contributed by atoms with E-state index in [0.717, 1.165) is 0 Å². The Kier molecular flexibility index (Phi) is 22.2. The lowest BCUT2D eigenvalue weighted by Gasteiger charge is -2.08. The van der Waals surface area contributed by atoms with Crippen molar-refractivity contribution in [2.24, 2.45) is 0 Å². The Labute approximate surface area is 110 Å². The first-order chi connectivity index (χ1) is 7.39. The number of rotatable bonds is 0. The first-order valence-corrected chi connectivity index (χ1v) is 6.12. The first-order valence-electron chi connectivity index (χ1n) is 6.12. The van der Waals surface area contributed by atoms with Crippen LogP contribution in [0, 0.1) is 6.92 Å². The normalized spacial score (nSPS) is 12.4. The molecule has 0 bridgehead atoms. The molecule has 0 aromatic heterocycles. The molecule has 0 saturated carbocycles. The van der Waals surface area contributed by atoms with E-state index in [1.165, 1.54) is 37.9 Å². The summed E-state index contributed by atoms with van der Waals surface area (Å²) in [6.07, 6.45) is 4.22. The maximum absolute atomic E-state index is 3.28. The van der Waals surface area contributed by atoms with Gasteiger partial charge < -0.3 is 5.32 Å². The molecule has 1 heterocycles. The summed E-state index contributed by atoms with van der Waals surface area (Å²) in [6.45, 7) is 8.58. The largest absolute Gasteiger partial charge is 0.317 e. The SMILES string of the molecule is C.C.C1CCNCC1.CC.Cc1ccccc1. The molecule has 1 aliphatic heterocycles. The van der Waals surface area contributed by atoms with Gasteiger partial charge in [0.05, 0.1) is 0 Å². The molecule has 0 spiro atoms. The summed E-state index contributed by atoms with van der Waals surface area (Å²) in [5.74, 6) is 0. The zero-order valence-corrected chi connectivity index (χ0v) is 10.4. The third-order valence-electron chi connectivity index (χ3n) is 2.15. The molecule has 0 radical (unpaired) electrons. The molecule has 0 amide bonds. The Hall–Kier alpha value is -0.820. The summed E-state index contributed by atoms with van der Waals surface area (Å²) >= 11 is 0. The van der Waals surface area contributed by atoms with Gasteiger partial charge >= 0.3 is 0 Å². The number of hydrogen-bond acceptors (Lipinski definition) is 1. The Morgan fingerprint density at radius 1 is 0.824 bits per heavy atom. The molecule has 0 unspecified atom stereocenters. The topological polar surface area (TPSA) is 12.0 Å². The van der Waals surface area contributed by atoms with Crippen molar-refractivity contribution >= 4 is 0 Å². The maximum Gasteiger partial charge on any atom is -0.00489 e. The van der Waals surface area contributed by atoms with E-state index in [9.17, 15) is 0 Å². The standard InChI is InChI=1S/C7H8.C5H11N.C2H6.2CH4/c1-7-5-3-2-4-6-7;1-2-4-6-5-3-1;1-2;;/h2-6H,1H3;6H,1-5H2;1-2H3;2*1H4. The molecule has 1 aliphatic rings. The van der Waals surface area contributed by atoms with Gasteiger partial charge in [0.15, 0.2) is 0 Å². The summed E-state index contributed by atoms with van der Waals surface area (Å²) in [4.78, 5) is 0. The fraction of sp³-hybridized carbons (Fsp3) is 0.625. The Bertz CT molecular complexity index is 191. The van der Waals surface area contributed by atoms with Crippen LogP contribution < -0.4 is 5.32 Å². The highest BCUT2D eigenvalue weighted by Gasteiger charge is 1.93. The summed E-state index contributed by atoms with van der Waals surface area (Å²) in [5.41, 5.74) is 1.32. The highest BCUT2D eigenvalue weighted by molar-refractivity contribution is 5.11. The van der Waals surface area contributed by atoms with Gasteiger partial charge in [0.1, 0.15) is 0 Å². The summed E-state index contributed by atoms with van der Waals surface area (Å²) in [7, 11) is 0. The van der Waals surface area contributed by atoms with Crippen LogP contribution >= 0.6 is 0 Å². The molecule has 1 aromatic rings. The van der Waals surface area contributed by atoms with E-state index in [1.807, 2.05) is 32.0 Å². The van der Waals surface area contributed by atoms with Crippen molar-refractivity contribution in [3.05, 3.63) is 35.9 Å². The van der Waals surface area contributed by atoms with E-state index in [4.69, 9.17) is 0 Å². The molecule has 102 valence electrons. The lowest BCUT2D eigenvalue weighted by molar-refractivity contribution is 0.520. The monoisotopic (exact) mass is 239 g/mol. The smallest absolute Gasteiger partial charge is 0.00489 e. The zero-order chi connectivity index (χ0) is 11.4. The van der Waals surface area contributed by atoms with Crippen molar-refractivity contribution in [2.75, 3.05) is 13.1 Å². The lowest BCUT2D eigenvalue weighted by Crippen LogP contribution is -2.21. The maximum atomic E-state index is 3.28. The van der Waals surface area contributed by atoms with E-state index in [1.54, 1.807) is 0 Å². The average Bonchev–Trinajstić information content (AvgIpc) is 2.36. The van der Waals surface area contributed by atoms with Crippen LogP contribution in [0.2, 0.25) is 0 Å². The van der Waals surface area contributed by atoms with Gasteiger partial charge in [0.2, 0.25) is 0 Å². The van der Waals surface area contributed by atoms with Crippen LogP contribution in [-0.4, -0.2) is 13.1 Å². The molecular weight excluding hydrogens is 206 g/mol. The minimum Gasteiger partial charge on any atom is -0.317 e. The second-order valence-electron chi connectivity index (χ2n) is 3.47. The van der Waals surface area contributed by atoms with Crippen LogP contribution in [-0.2, 0) is 0 Å². The fourth-order valence-corrected chi connectivity index (χ4v) is 1.34. The molecule has 1 saturated heterocycles. The van der Waals surface area contributed by atoms with Crippen molar-refractivity contribution in [2.45, 2.75) is 54.9 Å². The van der Waals surface area contributed by atoms with E-state index in [2.05, 4.69) is 24.4 Å². The van der Waals surface area contributed by atoms with E-state index in [-0.39, 0.29) is 14.9 Å². The predicted molar refractivity (Wildman–Crippen MR) is 82.7 cm³/mol. The molecule has 1 aromatic carbocycles. The van der Waals surface area contributed by atoms with Crippen LogP contribution in [0.5, 0.6) is 0 Å². The minimum absolute atomic E-state index is 0. The summed E-state index contributed by atoms with van der Waals surface area (Å²) in [5, 5.41) is 3.28. The van der Waals surface area contributed by atoms with Gasteiger partial charge in [-0.05, 0) is 32.9 Å².